The number of β-amino-alcohol motifs (C(OH)–C–C–N with tert-alkyl or cyclic N) is 2. The highest BCUT2D eigenvalue weighted by Crippen LogP contribution is 2.05. The van der Waals surface area contributed by atoms with Crippen LogP contribution in [0.5, 0.6) is 0 Å². The van der Waals surface area contributed by atoms with E-state index in [2.05, 4.69) is 9.80 Å². The Labute approximate surface area is 128 Å². The Morgan fingerprint density at radius 2 is 1.24 bits per heavy atom. The minimum atomic E-state index is -0.417. The second-order valence-electron chi connectivity index (χ2n) is 5.58. The number of hydrogen-bond acceptors (Lipinski definition) is 6. The summed E-state index contributed by atoms with van der Waals surface area (Å²) in [6.45, 7) is 11.1. The molecule has 0 bridgehead atoms. The second kappa shape index (κ2) is 11.3. The number of aliphatic hydroxyl groups is 2. The molecule has 1 aliphatic heterocycles. The van der Waals surface area contributed by atoms with Gasteiger partial charge in [0.25, 0.3) is 0 Å². The van der Waals surface area contributed by atoms with Crippen LogP contribution >= 0.6 is 0 Å². The highest BCUT2D eigenvalue weighted by molar-refractivity contribution is 4.74. The molecule has 0 spiro atoms. The number of rotatable bonds is 10. The van der Waals surface area contributed by atoms with E-state index in [1.54, 1.807) is 0 Å². The van der Waals surface area contributed by atoms with Gasteiger partial charge in [0.15, 0.2) is 0 Å². The number of aliphatic hydroxyl groups excluding tert-OH is 2. The summed E-state index contributed by atoms with van der Waals surface area (Å²) in [4.78, 5) is 4.55. The summed E-state index contributed by atoms with van der Waals surface area (Å²) in [5.41, 5.74) is 0. The third kappa shape index (κ3) is 8.70. The van der Waals surface area contributed by atoms with E-state index >= 15 is 0 Å². The molecular formula is C15H32N2O4. The molecule has 1 heterocycles. The van der Waals surface area contributed by atoms with Crippen molar-refractivity contribution in [2.24, 2.45) is 0 Å². The van der Waals surface area contributed by atoms with Gasteiger partial charge in [-0.25, -0.2) is 0 Å². The summed E-state index contributed by atoms with van der Waals surface area (Å²) >= 11 is 0. The maximum atomic E-state index is 9.90. The first-order valence-electron chi connectivity index (χ1n) is 8.12. The van der Waals surface area contributed by atoms with Gasteiger partial charge in [0, 0.05) is 39.4 Å². The molecule has 1 rings (SSSR count). The molecule has 6 nitrogen and oxygen atoms in total. The highest BCUT2D eigenvalue weighted by atomic mass is 16.5. The molecule has 2 unspecified atom stereocenters. The van der Waals surface area contributed by atoms with Gasteiger partial charge in [-0.3, -0.25) is 9.80 Å². The van der Waals surface area contributed by atoms with Crippen LogP contribution in [0.1, 0.15) is 20.3 Å². The molecule has 1 saturated heterocycles. The van der Waals surface area contributed by atoms with Gasteiger partial charge in [-0.1, -0.05) is 0 Å². The lowest BCUT2D eigenvalue weighted by atomic mass is 10.3. The first-order chi connectivity index (χ1) is 10.2. The van der Waals surface area contributed by atoms with Crippen LogP contribution in [0.15, 0.2) is 0 Å². The van der Waals surface area contributed by atoms with E-state index in [-0.39, 0.29) is 0 Å². The first-order valence-corrected chi connectivity index (χ1v) is 8.12. The molecule has 2 atom stereocenters. The summed E-state index contributed by atoms with van der Waals surface area (Å²) in [6.07, 6.45) is 0.225. The fourth-order valence-corrected chi connectivity index (χ4v) is 2.60. The summed E-state index contributed by atoms with van der Waals surface area (Å²) in [5, 5.41) is 19.8. The minimum absolute atomic E-state index is 0.407. The van der Waals surface area contributed by atoms with E-state index in [1.807, 2.05) is 13.8 Å². The number of hydrogen-bond donors (Lipinski definition) is 2. The predicted molar refractivity (Wildman–Crippen MR) is 82.5 cm³/mol. The summed E-state index contributed by atoms with van der Waals surface area (Å²) in [7, 11) is 0. The zero-order chi connectivity index (χ0) is 15.5. The quantitative estimate of drug-likeness (QED) is 0.582. The predicted octanol–water partition coefficient (Wildman–Crippen LogP) is -0.211. The molecule has 6 heteroatoms. The molecule has 1 fully saturated rings. The Morgan fingerprint density at radius 3 is 1.62 bits per heavy atom. The van der Waals surface area contributed by atoms with E-state index in [4.69, 9.17) is 9.47 Å². The lowest BCUT2D eigenvalue weighted by molar-refractivity contribution is 0.0172. The monoisotopic (exact) mass is 304 g/mol. The van der Waals surface area contributed by atoms with Crippen LogP contribution in [0.25, 0.3) is 0 Å². The van der Waals surface area contributed by atoms with Crippen LogP contribution in [-0.4, -0.2) is 97.9 Å². The van der Waals surface area contributed by atoms with Crippen molar-refractivity contribution >= 4 is 0 Å². The smallest absolute Gasteiger partial charge is 0.0900 e. The average molecular weight is 304 g/mol. The fraction of sp³-hybridized carbons (Fsp3) is 1.00. The van der Waals surface area contributed by atoms with Gasteiger partial charge in [0.05, 0.1) is 25.4 Å². The van der Waals surface area contributed by atoms with Gasteiger partial charge in [0.1, 0.15) is 0 Å². The Morgan fingerprint density at radius 1 is 0.810 bits per heavy atom. The summed E-state index contributed by atoms with van der Waals surface area (Å²) in [5.74, 6) is 0. The maximum absolute atomic E-state index is 9.90. The summed E-state index contributed by atoms with van der Waals surface area (Å²) in [6, 6.07) is 0. The third-order valence-corrected chi connectivity index (χ3v) is 3.65. The average Bonchev–Trinajstić information content (AvgIpc) is 2.68. The van der Waals surface area contributed by atoms with E-state index < -0.39 is 12.2 Å². The van der Waals surface area contributed by atoms with Crippen LogP contribution < -0.4 is 0 Å². The van der Waals surface area contributed by atoms with Crippen molar-refractivity contribution in [1.82, 2.24) is 9.80 Å². The SMILES string of the molecule is CCOCC(O)CN1CCCN(CC(O)COCC)CC1. The lowest BCUT2D eigenvalue weighted by Crippen LogP contribution is -2.39. The van der Waals surface area contributed by atoms with Gasteiger partial charge in [-0.15, -0.1) is 0 Å². The van der Waals surface area contributed by atoms with Crippen molar-refractivity contribution < 1.29 is 19.7 Å². The second-order valence-corrected chi connectivity index (χ2v) is 5.58. The van der Waals surface area contributed by atoms with E-state index in [0.29, 0.717) is 39.5 Å². The molecule has 0 saturated carbocycles. The van der Waals surface area contributed by atoms with Crippen LogP contribution in [0.2, 0.25) is 0 Å². The number of nitrogens with zero attached hydrogens (tertiary/aromatic N) is 2. The van der Waals surface area contributed by atoms with Crippen molar-refractivity contribution in [2.75, 3.05) is 65.7 Å². The standard InChI is InChI=1S/C15H32N2O4/c1-3-20-12-14(18)10-16-6-5-7-17(9-8-16)11-15(19)13-21-4-2/h14-15,18-19H,3-13H2,1-2H3. The largest absolute Gasteiger partial charge is 0.389 e. The van der Waals surface area contributed by atoms with Gasteiger partial charge in [-0.05, 0) is 33.4 Å². The first kappa shape index (κ1) is 18.8. The zero-order valence-corrected chi connectivity index (χ0v) is 13.5. The maximum Gasteiger partial charge on any atom is 0.0900 e. The van der Waals surface area contributed by atoms with Crippen molar-refractivity contribution in [3.05, 3.63) is 0 Å². The van der Waals surface area contributed by atoms with E-state index in [0.717, 1.165) is 32.6 Å². The molecule has 0 radical (unpaired) electrons. The lowest BCUT2D eigenvalue weighted by Gasteiger charge is -2.25. The molecule has 0 aromatic rings. The molecule has 2 N–H and O–H groups in total. The Bertz CT molecular complexity index is 232. The normalized spacial score (nSPS) is 21.1. The molecule has 0 aromatic heterocycles. The molecule has 0 aromatic carbocycles. The zero-order valence-electron chi connectivity index (χ0n) is 13.5. The van der Waals surface area contributed by atoms with Gasteiger partial charge >= 0.3 is 0 Å². The fourth-order valence-electron chi connectivity index (χ4n) is 2.60. The Balaban J connectivity index is 2.23. The minimum Gasteiger partial charge on any atom is -0.389 e. The van der Waals surface area contributed by atoms with Crippen molar-refractivity contribution in [3.63, 3.8) is 0 Å². The summed E-state index contributed by atoms with van der Waals surface area (Å²) < 4.78 is 10.5. The van der Waals surface area contributed by atoms with Gasteiger partial charge < -0.3 is 19.7 Å². The van der Waals surface area contributed by atoms with Crippen LogP contribution in [-0.2, 0) is 9.47 Å². The third-order valence-electron chi connectivity index (χ3n) is 3.65. The van der Waals surface area contributed by atoms with Crippen molar-refractivity contribution in [2.45, 2.75) is 32.5 Å². The van der Waals surface area contributed by atoms with Gasteiger partial charge in [0.2, 0.25) is 0 Å². The Kier molecular flexibility index (Phi) is 10.2. The van der Waals surface area contributed by atoms with Crippen molar-refractivity contribution in [1.29, 1.82) is 0 Å². The topological polar surface area (TPSA) is 65.4 Å². The molecular weight excluding hydrogens is 272 g/mol. The highest BCUT2D eigenvalue weighted by Gasteiger charge is 2.19. The van der Waals surface area contributed by atoms with Crippen LogP contribution in [0.3, 0.4) is 0 Å². The van der Waals surface area contributed by atoms with E-state index in [1.165, 1.54) is 0 Å². The van der Waals surface area contributed by atoms with Crippen LogP contribution in [0.4, 0.5) is 0 Å². The van der Waals surface area contributed by atoms with Gasteiger partial charge in [-0.2, -0.15) is 0 Å². The van der Waals surface area contributed by atoms with Crippen LogP contribution in [0, 0.1) is 0 Å². The van der Waals surface area contributed by atoms with Crippen molar-refractivity contribution in [3.8, 4) is 0 Å². The molecule has 0 amide bonds. The molecule has 1 aliphatic rings. The Hall–Kier alpha value is -0.240. The molecule has 126 valence electrons. The van der Waals surface area contributed by atoms with E-state index in [9.17, 15) is 10.2 Å². The molecule has 0 aliphatic carbocycles. The number of ether oxygens (including phenoxy) is 2. The molecule has 21 heavy (non-hydrogen) atoms.